The maximum Gasteiger partial charge on any atom is 0.142 e. The number of hydrogen-bond donors (Lipinski definition) is 1. The maximum atomic E-state index is 13.3. The number of aliphatic hydroxyl groups is 1. The molecule has 18 heavy (non-hydrogen) atoms. The molecule has 1 aromatic carbocycles. The SMILES string of the molecule is CCC1CN(Cc2cccc(F)c2Cl)CCC1O. The molecule has 1 aliphatic rings. The molecule has 1 aromatic rings. The molecule has 2 atom stereocenters. The third kappa shape index (κ3) is 3.02. The van der Waals surface area contributed by atoms with E-state index in [1.54, 1.807) is 6.07 Å². The standard InChI is InChI=1S/C14H19ClFNO/c1-2-10-8-17(7-6-13(10)18)9-11-4-3-5-12(16)14(11)15/h3-5,10,13,18H,2,6-9H2,1H3. The van der Waals surface area contributed by atoms with Gasteiger partial charge in [0.2, 0.25) is 0 Å². The van der Waals surface area contributed by atoms with Gasteiger partial charge in [0.15, 0.2) is 0 Å². The van der Waals surface area contributed by atoms with E-state index in [1.807, 2.05) is 6.07 Å². The van der Waals surface area contributed by atoms with E-state index in [0.29, 0.717) is 12.5 Å². The van der Waals surface area contributed by atoms with E-state index in [2.05, 4.69) is 11.8 Å². The Bertz CT molecular complexity index is 413. The Morgan fingerprint density at radius 3 is 3.00 bits per heavy atom. The van der Waals surface area contributed by atoms with Gasteiger partial charge < -0.3 is 5.11 Å². The van der Waals surface area contributed by atoms with Crippen molar-refractivity contribution in [3.63, 3.8) is 0 Å². The van der Waals surface area contributed by atoms with E-state index < -0.39 is 0 Å². The van der Waals surface area contributed by atoms with Crippen molar-refractivity contribution in [2.24, 2.45) is 5.92 Å². The van der Waals surface area contributed by atoms with Gasteiger partial charge in [-0.1, -0.05) is 30.7 Å². The topological polar surface area (TPSA) is 23.5 Å². The third-order valence-electron chi connectivity index (χ3n) is 3.73. The fraction of sp³-hybridized carbons (Fsp3) is 0.571. The first kappa shape index (κ1) is 13.8. The maximum absolute atomic E-state index is 13.3. The average molecular weight is 272 g/mol. The molecule has 100 valence electrons. The van der Waals surface area contributed by atoms with Gasteiger partial charge in [-0.05, 0) is 30.4 Å². The Morgan fingerprint density at radius 1 is 1.50 bits per heavy atom. The average Bonchev–Trinajstić information content (AvgIpc) is 2.37. The molecule has 0 radical (unpaired) electrons. The summed E-state index contributed by atoms with van der Waals surface area (Å²) in [6.45, 7) is 4.43. The molecule has 1 N–H and O–H groups in total. The largest absolute Gasteiger partial charge is 0.393 e. The second-order valence-electron chi connectivity index (χ2n) is 4.97. The predicted molar refractivity (Wildman–Crippen MR) is 71.1 cm³/mol. The number of nitrogens with zero attached hydrogens (tertiary/aromatic N) is 1. The van der Waals surface area contributed by atoms with E-state index >= 15 is 0 Å². The molecule has 4 heteroatoms. The van der Waals surface area contributed by atoms with Gasteiger partial charge in [-0.3, -0.25) is 4.90 Å². The molecule has 2 rings (SSSR count). The van der Waals surface area contributed by atoms with E-state index in [4.69, 9.17) is 11.6 Å². The van der Waals surface area contributed by atoms with Crippen LogP contribution < -0.4 is 0 Å². The highest BCUT2D eigenvalue weighted by atomic mass is 35.5. The zero-order chi connectivity index (χ0) is 13.1. The zero-order valence-electron chi connectivity index (χ0n) is 10.6. The fourth-order valence-corrected chi connectivity index (χ4v) is 2.74. The minimum atomic E-state index is -0.363. The van der Waals surface area contributed by atoms with Crippen LogP contribution in [-0.4, -0.2) is 29.2 Å². The normalized spacial score (nSPS) is 25.3. The van der Waals surface area contributed by atoms with E-state index in [1.165, 1.54) is 6.07 Å². The Morgan fingerprint density at radius 2 is 2.28 bits per heavy atom. The first-order chi connectivity index (χ1) is 8.61. The lowest BCUT2D eigenvalue weighted by Crippen LogP contribution is -2.42. The summed E-state index contributed by atoms with van der Waals surface area (Å²) in [6, 6.07) is 4.92. The van der Waals surface area contributed by atoms with E-state index in [0.717, 1.165) is 31.5 Å². The lowest BCUT2D eigenvalue weighted by atomic mass is 9.92. The van der Waals surface area contributed by atoms with Gasteiger partial charge in [-0.25, -0.2) is 4.39 Å². The number of piperidine rings is 1. The smallest absolute Gasteiger partial charge is 0.142 e. The quantitative estimate of drug-likeness (QED) is 0.913. The van der Waals surface area contributed by atoms with Crippen LogP contribution in [0.1, 0.15) is 25.3 Å². The van der Waals surface area contributed by atoms with Crippen LogP contribution in [-0.2, 0) is 6.54 Å². The van der Waals surface area contributed by atoms with Crippen LogP contribution in [0.2, 0.25) is 5.02 Å². The van der Waals surface area contributed by atoms with Crippen molar-refractivity contribution < 1.29 is 9.50 Å². The van der Waals surface area contributed by atoms with Crippen molar-refractivity contribution in [1.29, 1.82) is 0 Å². The minimum absolute atomic E-state index is 0.200. The molecular weight excluding hydrogens is 253 g/mol. The molecule has 1 aliphatic heterocycles. The summed E-state index contributed by atoms with van der Waals surface area (Å²) in [5, 5.41) is 10.1. The van der Waals surface area contributed by atoms with Crippen molar-refractivity contribution in [2.45, 2.75) is 32.4 Å². The highest BCUT2D eigenvalue weighted by Gasteiger charge is 2.26. The minimum Gasteiger partial charge on any atom is -0.393 e. The molecule has 2 unspecified atom stereocenters. The Hall–Kier alpha value is -0.640. The van der Waals surface area contributed by atoms with Crippen LogP contribution in [0.3, 0.4) is 0 Å². The lowest BCUT2D eigenvalue weighted by molar-refractivity contribution is 0.0222. The summed E-state index contributed by atoms with van der Waals surface area (Å²) < 4.78 is 13.3. The zero-order valence-corrected chi connectivity index (χ0v) is 11.3. The molecule has 0 spiro atoms. The summed E-state index contributed by atoms with van der Waals surface area (Å²) in [5.41, 5.74) is 0.822. The Kier molecular flexibility index (Phi) is 4.60. The molecule has 0 saturated carbocycles. The van der Waals surface area contributed by atoms with Gasteiger partial charge in [0, 0.05) is 19.6 Å². The Labute approximate surface area is 112 Å². The van der Waals surface area contributed by atoms with Gasteiger partial charge in [0.05, 0.1) is 11.1 Å². The summed E-state index contributed by atoms with van der Waals surface area (Å²) in [4.78, 5) is 2.24. The van der Waals surface area contributed by atoms with Gasteiger partial charge >= 0.3 is 0 Å². The highest BCUT2D eigenvalue weighted by Crippen LogP contribution is 2.25. The van der Waals surface area contributed by atoms with Gasteiger partial charge in [0.1, 0.15) is 5.82 Å². The van der Waals surface area contributed by atoms with Crippen molar-refractivity contribution in [1.82, 2.24) is 4.90 Å². The molecule has 1 fully saturated rings. The second-order valence-corrected chi connectivity index (χ2v) is 5.35. The number of rotatable bonds is 3. The molecule has 0 aliphatic carbocycles. The molecule has 0 bridgehead atoms. The summed E-state index contributed by atoms with van der Waals surface area (Å²) >= 11 is 5.96. The predicted octanol–water partition coefficient (Wildman–Crippen LogP) is 3.07. The summed E-state index contributed by atoms with van der Waals surface area (Å²) in [6.07, 6.45) is 1.55. The first-order valence-electron chi connectivity index (χ1n) is 6.45. The number of likely N-dealkylation sites (tertiary alicyclic amines) is 1. The van der Waals surface area contributed by atoms with Gasteiger partial charge in [-0.2, -0.15) is 0 Å². The van der Waals surface area contributed by atoms with Crippen LogP contribution in [0.15, 0.2) is 18.2 Å². The number of halogens is 2. The number of benzene rings is 1. The van der Waals surface area contributed by atoms with Crippen LogP contribution in [0.25, 0.3) is 0 Å². The van der Waals surface area contributed by atoms with Gasteiger partial charge in [-0.15, -0.1) is 0 Å². The number of hydrogen-bond acceptors (Lipinski definition) is 2. The summed E-state index contributed by atoms with van der Waals surface area (Å²) in [7, 11) is 0. The van der Waals surface area contributed by atoms with Crippen LogP contribution in [0.4, 0.5) is 4.39 Å². The molecule has 1 saturated heterocycles. The molecule has 0 aromatic heterocycles. The first-order valence-corrected chi connectivity index (χ1v) is 6.83. The van der Waals surface area contributed by atoms with Crippen LogP contribution in [0.5, 0.6) is 0 Å². The molecule has 0 amide bonds. The van der Waals surface area contributed by atoms with Crippen molar-refractivity contribution in [3.05, 3.63) is 34.6 Å². The van der Waals surface area contributed by atoms with Crippen molar-refractivity contribution in [3.8, 4) is 0 Å². The second kappa shape index (κ2) is 6.00. The van der Waals surface area contributed by atoms with Crippen LogP contribution in [0, 0.1) is 11.7 Å². The van der Waals surface area contributed by atoms with Gasteiger partial charge in [0.25, 0.3) is 0 Å². The number of aliphatic hydroxyl groups excluding tert-OH is 1. The molecular formula is C14H19ClFNO. The fourth-order valence-electron chi connectivity index (χ4n) is 2.55. The van der Waals surface area contributed by atoms with Crippen molar-refractivity contribution in [2.75, 3.05) is 13.1 Å². The summed E-state index contributed by atoms with van der Waals surface area (Å²) in [5.74, 6) is -0.0515. The van der Waals surface area contributed by atoms with Crippen molar-refractivity contribution >= 4 is 11.6 Å². The molecule has 2 nitrogen and oxygen atoms in total. The Balaban J connectivity index is 2.03. The van der Waals surface area contributed by atoms with Crippen LogP contribution >= 0.6 is 11.6 Å². The third-order valence-corrected chi connectivity index (χ3v) is 4.15. The van der Waals surface area contributed by atoms with E-state index in [-0.39, 0.29) is 16.9 Å². The molecule has 1 heterocycles. The monoisotopic (exact) mass is 271 g/mol. The lowest BCUT2D eigenvalue weighted by Gasteiger charge is -2.35. The van der Waals surface area contributed by atoms with E-state index in [9.17, 15) is 9.50 Å². The highest BCUT2D eigenvalue weighted by molar-refractivity contribution is 6.31.